The molecule has 110 valence electrons. The highest BCUT2D eigenvalue weighted by Crippen LogP contribution is 2.22. The first-order valence-corrected chi connectivity index (χ1v) is 6.52. The summed E-state index contributed by atoms with van der Waals surface area (Å²) in [7, 11) is 0. The van der Waals surface area contributed by atoms with Gasteiger partial charge in [-0.05, 0) is 6.07 Å². The third-order valence-corrected chi connectivity index (χ3v) is 3.25. The van der Waals surface area contributed by atoms with Gasteiger partial charge in [-0.2, -0.15) is 5.26 Å². The summed E-state index contributed by atoms with van der Waals surface area (Å²) in [4.78, 5) is 35.5. The van der Waals surface area contributed by atoms with Gasteiger partial charge in [0.25, 0.3) is 0 Å². The van der Waals surface area contributed by atoms with Crippen molar-refractivity contribution < 1.29 is 19.6 Å². The number of carbonyl (C=O) groups excluding carboxylic acids is 1. The zero-order valence-corrected chi connectivity index (χ0v) is 11.6. The van der Waals surface area contributed by atoms with Crippen LogP contribution in [-0.2, 0) is 9.59 Å². The van der Waals surface area contributed by atoms with Crippen molar-refractivity contribution in [2.45, 2.75) is 18.0 Å². The third kappa shape index (κ3) is 4.73. The van der Waals surface area contributed by atoms with Gasteiger partial charge in [-0.3, -0.25) is 14.9 Å². The highest BCUT2D eigenvalue weighted by atomic mass is 32.2. The zero-order valence-electron chi connectivity index (χ0n) is 10.8. The van der Waals surface area contributed by atoms with Crippen LogP contribution in [0.25, 0.3) is 0 Å². The highest BCUT2D eigenvalue weighted by molar-refractivity contribution is 7.99. The number of rotatable bonds is 6. The molecule has 10 heteroatoms. The topological polar surface area (TPSA) is 146 Å². The number of aromatic nitrogens is 1. The predicted octanol–water partition coefficient (Wildman–Crippen LogP) is 0.543. The molecule has 1 heterocycles. The molecule has 1 unspecified atom stereocenters. The second kappa shape index (κ2) is 7.20. The van der Waals surface area contributed by atoms with E-state index in [0.717, 1.165) is 17.8 Å². The Morgan fingerprint density at radius 2 is 2.29 bits per heavy atom. The van der Waals surface area contributed by atoms with E-state index < -0.39 is 28.5 Å². The van der Waals surface area contributed by atoms with Gasteiger partial charge in [0.05, 0.1) is 9.95 Å². The van der Waals surface area contributed by atoms with Gasteiger partial charge in [0.2, 0.25) is 11.6 Å². The highest BCUT2D eigenvalue weighted by Gasteiger charge is 2.20. The number of nitrogens with zero attached hydrogens (tertiary/aromatic N) is 3. The first kappa shape index (κ1) is 16.4. The average Bonchev–Trinajstić information content (AvgIpc) is 2.42. The molecule has 0 aliphatic rings. The SMILES string of the molecule is CC(=O)NC(CSc1ccc([N+](=O)[O-])c(C#N)n1)C(=O)O. The quantitative estimate of drug-likeness (QED) is 0.439. The summed E-state index contributed by atoms with van der Waals surface area (Å²) in [6.45, 7) is 1.19. The number of hydrogen-bond acceptors (Lipinski definition) is 7. The molecule has 21 heavy (non-hydrogen) atoms. The summed E-state index contributed by atoms with van der Waals surface area (Å²) < 4.78 is 0. The first-order chi connectivity index (χ1) is 9.85. The van der Waals surface area contributed by atoms with E-state index in [9.17, 15) is 19.7 Å². The molecule has 0 aliphatic heterocycles. The molecular weight excluding hydrogens is 300 g/mol. The van der Waals surface area contributed by atoms with Crippen LogP contribution in [0.3, 0.4) is 0 Å². The number of carboxylic acid groups (broad SMARTS) is 1. The van der Waals surface area contributed by atoms with E-state index >= 15 is 0 Å². The van der Waals surface area contributed by atoms with E-state index in [1.165, 1.54) is 13.0 Å². The molecule has 1 amide bonds. The molecule has 0 fully saturated rings. The summed E-state index contributed by atoms with van der Waals surface area (Å²) in [5, 5.41) is 30.9. The molecule has 0 aliphatic carbocycles. The van der Waals surface area contributed by atoms with Gasteiger partial charge in [-0.1, -0.05) is 0 Å². The van der Waals surface area contributed by atoms with Gasteiger partial charge in [0.15, 0.2) is 0 Å². The summed E-state index contributed by atoms with van der Waals surface area (Å²) in [6, 6.07) is 2.93. The minimum absolute atomic E-state index is 0.0232. The van der Waals surface area contributed by atoms with Crippen molar-refractivity contribution in [2.24, 2.45) is 0 Å². The lowest BCUT2D eigenvalue weighted by molar-refractivity contribution is -0.385. The number of hydrogen-bond donors (Lipinski definition) is 2. The summed E-state index contributed by atoms with van der Waals surface area (Å²) in [5.74, 6) is -1.72. The van der Waals surface area contributed by atoms with Crippen LogP contribution in [0.5, 0.6) is 0 Å². The molecule has 0 aromatic carbocycles. The largest absolute Gasteiger partial charge is 0.480 e. The molecular formula is C11H10N4O5S. The smallest absolute Gasteiger partial charge is 0.327 e. The molecule has 1 aromatic heterocycles. The zero-order chi connectivity index (χ0) is 16.0. The van der Waals surface area contributed by atoms with Gasteiger partial charge >= 0.3 is 11.7 Å². The lowest BCUT2D eigenvalue weighted by Crippen LogP contribution is -2.41. The minimum Gasteiger partial charge on any atom is -0.480 e. The number of carboxylic acids is 1. The Morgan fingerprint density at radius 3 is 2.76 bits per heavy atom. The third-order valence-electron chi connectivity index (χ3n) is 2.22. The number of amides is 1. The van der Waals surface area contributed by atoms with Crippen molar-refractivity contribution in [3.8, 4) is 6.07 Å². The van der Waals surface area contributed by atoms with Gasteiger partial charge in [0.1, 0.15) is 12.1 Å². The van der Waals surface area contributed by atoms with Crippen LogP contribution in [0, 0.1) is 21.4 Å². The van der Waals surface area contributed by atoms with E-state index in [1.54, 1.807) is 6.07 Å². The standard InChI is InChI=1S/C11H10N4O5S/c1-6(16)13-8(11(17)18)5-21-10-3-2-9(15(19)20)7(4-12)14-10/h2-3,8H,5H2,1H3,(H,13,16)(H,17,18). The van der Waals surface area contributed by atoms with Crippen LogP contribution in [-0.4, -0.2) is 38.7 Å². The molecule has 0 bridgehead atoms. The fraction of sp³-hybridized carbons (Fsp3) is 0.273. The summed E-state index contributed by atoms with van der Waals surface area (Å²) in [6.07, 6.45) is 0. The molecule has 0 radical (unpaired) electrons. The maximum absolute atomic E-state index is 10.9. The summed E-state index contributed by atoms with van der Waals surface area (Å²) in [5.41, 5.74) is -0.769. The van der Waals surface area contributed by atoms with Crippen molar-refractivity contribution in [1.29, 1.82) is 5.26 Å². The Kier molecular flexibility index (Phi) is 5.62. The Morgan fingerprint density at radius 1 is 1.62 bits per heavy atom. The van der Waals surface area contributed by atoms with Crippen molar-refractivity contribution in [3.63, 3.8) is 0 Å². The fourth-order valence-electron chi connectivity index (χ4n) is 1.33. The van der Waals surface area contributed by atoms with Crippen molar-refractivity contribution in [2.75, 3.05) is 5.75 Å². The van der Waals surface area contributed by atoms with E-state index in [0.29, 0.717) is 0 Å². The van der Waals surface area contributed by atoms with Gasteiger partial charge in [0, 0.05) is 18.7 Å². The predicted molar refractivity (Wildman–Crippen MR) is 71.6 cm³/mol. The first-order valence-electron chi connectivity index (χ1n) is 5.53. The maximum Gasteiger partial charge on any atom is 0.327 e. The Balaban J connectivity index is 2.84. The second-order valence-electron chi connectivity index (χ2n) is 3.79. The van der Waals surface area contributed by atoms with Crippen LogP contribution in [0.2, 0.25) is 0 Å². The maximum atomic E-state index is 10.9. The van der Waals surface area contributed by atoms with Crippen molar-refractivity contribution in [3.05, 3.63) is 27.9 Å². The van der Waals surface area contributed by atoms with E-state index in [-0.39, 0.29) is 16.5 Å². The van der Waals surface area contributed by atoms with E-state index in [1.807, 2.05) is 0 Å². The lowest BCUT2D eigenvalue weighted by Gasteiger charge is -2.12. The number of carbonyl (C=O) groups is 2. The number of aliphatic carboxylic acids is 1. The molecule has 1 aromatic rings. The van der Waals surface area contributed by atoms with Gasteiger partial charge < -0.3 is 10.4 Å². The molecule has 1 atom stereocenters. The summed E-state index contributed by atoms with van der Waals surface area (Å²) >= 11 is 0.968. The van der Waals surface area contributed by atoms with Gasteiger partial charge in [-0.25, -0.2) is 9.78 Å². The number of nitrogens with one attached hydrogen (secondary N) is 1. The average molecular weight is 310 g/mol. The molecule has 9 nitrogen and oxygen atoms in total. The Bertz CT molecular complexity index is 628. The molecule has 0 saturated heterocycles. The lowest BCUT2D eigenvalue weighted by atomic mass is 10.3. The van der Waals surface area contributed by atoms with Crippen LogP contribution in [0.1, 0.15) is 12.6 Å². The second-order valence-corrected chi connectivity index (χ2v) is 4.83. The number of nitro groups is 1. The molecule has 0 saturated carbocycles. The van der Waals surface area contributed by atoms with E-state index in [4.69, 9.17) is 10.4 Å². The minimum atomic E-state index is -1.21. The van der Waals surface area contributed by atoms with Crippen LogP contribution in [0.15, 0.2) is 17.2 Å². The van der Waals surface area contributed by atoms with Crippen LogP contribution in [0.4, 0.5) is 5.69 Å². The molecule has 1 rings (SSSR count). The van der Waals surface area contributed by atoms with Crippen molar-refractivity contribution in [1.82, 2.24) is 10.3 Å². The number of pyridine rings is 1. The number of nitriles is 1. The Labute approximate surface area is 123 Å². The fourth-order valence-corrected chi connectivity index (χ4v) is 2.22. The van der Waals surface area contributed by atoms with Crippen molar-refractivity contribution >= 4 is 29.3 Å². The van der Waals surface area contributed by atoms with E-state index in [2.05, 4.69) is 10.3 Å². The normalized spacial score (nSPS) is 11.2. The molecule has 2 N–H and O–H groups in total. The Hall–Kier alpha value is -2.67. The van der Waals surface area contributed by atoms with Crippen LogP contribution >= 0.6 is 11.8 Å². The molecule has 0 spiro atoms. The van der Waals surface area contributed by atoms with Gasteiger partial charge in [-0.15, -0.1) is 11.8 Å². The van der Waals surface area contributed by atoms with Crippen LogP contribution < -0.4 is 5.32 Å². The number of thioether (sulfide) groups is 1. The monoisotopic (exact) mass is 310 g/mol.